The summed E-state index contributed by atoms with van der Waals surface area (Å²) in [6.45, 7) is 9.26. The fourth-order valence-electron chi connectivity index (χ4n) is 3.06. The van der Waals surface area contributed by atoms with Crippen molar-refractivity contribution in [3.05, 3.63) is 0 Å². The summed E-state index contributed by atoms with van der Waals surface area (Å²) < 4.78 is 16.8. The van der Waals surface area contributed by atoms with Gasteiger partial charge in [-0.3, -0.25) is 4.79 Å². The van der Waals surface area contributed by atoms with Crippen LogP contribution >= 0.6 is 0 Å². The van der Waals surface area contributed by atoms with Crippen LogP contribution < -0.4 is 0 Å². The van der Waals surface area contributed by atoms with E-state index in [2.05, 4.69) is 0 Å². The van der Waals surface area contributed by atoms with Gasteiger partial charge in [0.25, 0.3) is 0 Å². The average Bonchev–Trinajstić information content (AvgIpc) is 2.49. The molecule has 5 nitrogen and oxygen atoms in total. The predicted octanol–water partition coefficient (Wildman–Crippen LogP) is 2.01. The summed E-state index contributed by atoms with van der Waals surface area (Å²) in [5.74, 6) is -0.790. The fourth-order valence-corrected chi connectivity index (χ4v) is 3.06. The molecule has 2 fully saturated rings. The predicted molar refractivity (Wildman–Crippen MR) is 73.0 cm³/mol. The molecule has 116 valence electrons. The Bertz CT molecular complexity index is 371. The van der Waals surface area contributed by atoms with E-state index in [0.717, 1.165) is 6.42 Å². The highest BCUT2D eigenvalue weighted by atomic mass is 16.8. The number of rotatable bonds is 2. The maximum Gasteiger partial charge on any atom is 0.306 e. The standard InChI is InChI=1S/C15H26O5/c1-14(2,3)19-12(17)8-9-6-10(16)13-11(7-9)18-15(4,5)20-13/h9-11,13,16H,6-8H2,1-5H3. The Morgan fingerprint density at radius 1 is 1.30 bits per heavy atom. The molecule has 0 aromatic rings. The molecule has 0 aromatic heterocycles. The lowest BCUT2D eigenvalue weighted by atomic mass is 9.81. The van der Waals surface area contributed by atoms with Gasteiger partial charge in [-0.15, -0.1) is 0 Å². The van der Waals surface area contributed by atoms with Crippen molar-refractivity contribution < 1.29 is 24.1 Å². The lowest BCUT2D eigenvalue weighted by molar-refractivity contribution is -0.157. The molecule has 1 saturated heterocycles. The third-order valence-corrected chi connectivity index (χ3v) is 3.62. The van der Waals surface area contributed by atoms with Gasteiger partial charge < -0.3 is 19.3 Å². The summed E-state index contributed by atoms with van der Waals surface area (Å²) in [7, 11) is 0. The highest BCUT2D eigenvalue weighted by Crippen LogP contribution is 2.40. The van der Waals surface area contributed by atoms with E-state index in [0.29, 0.717) is 12.8 Å². The summed E-state index contributed by atoms with van der Waals surface area (Å²) in [6, 6.07) is 0. The zero-order chi connectivity index (χ0) is 15.1. The van der Waals surface area contributed by atoms with Crippen LogP contribution in [0.4, 0.5) is 0 Å². The molecule has 0 aromatic carbocycles. The van der Waals surface area contributed by atoms with Crippen molar-refractivity contribution >= 4 is 5.97 Å². The molecule has 1 aliphatic carbocycles. The number of hydrogen-bond donors (Lipinski definition) is 1. The number of esters is 1. The minimum atomic E-state index is -0.656. The van der Waals surface area contributed by atoms with Crippen LogP contribution in [-0.2, 0) is 19.0 Å². The molecule has 0 spiro atoms. The first kappa shape index (κ1) is 15.7. The lowest BCUT2D eigenvalue weighted by Gasteiger charge is -2.33. The highest BCUT2D eigenvalue weighted by Gasteiger charge is 2.49. The summed E-state index contributed by atoms with van der Waals surface area (Å²) in [4.78, 5) is 11.9. The Kier molecular flexibility index (Phi) is 4.15. The summed E-state index contributed by atoms with van der Waals surface area (Å²) >= 11 is 0. The van der Waals surface area contributed by atoms with Crippen LogP contribution in [0.25, 0.3) is 0 Å². The third kappa shape index (κ3) is 3.93. The molecular weight excluding hydrogens is 260 g/mol. The normalized spacial score (nSPS) is 36.5. The number of carbonyl (C=O) groups is 1. The molecule has 1 aliphatic heterocycles. The van der Waals surface area contributed by atoms with Crippen LogP contribution in [0.2, 0.25) is 0 Å². The first-order valence-electron chi connectivity index (χ1n) is 7.31. The molecule has 2 rings (SSSR count). The summed E-state index contributed by atoms with van der Waals surface area (Å²) in [5.41, 5.74) is -0.470. The Morgan fingerprint density at radius 3 is 2.55 bits per heavy atom. The molecule has 0 radical (unpaired) electrons. The van der Waals surface area contributed by atoms with E-state index in [1.54, 1.807) is 0 Å². The van der Waals surface area contributed by atoms with E-state index in [-0.39, 0.29) is 24.1 Å². The topological polar surface area (TPSA) is 65.0 Å². The Labute approximate surface area is 120 Å². The SMILES string of the molecule is CC(C)(C)OC(=O)CC1CC(O)C2OC(C)(C)OC2C1. The van der Waals surface area contributed by atoms with Gasteiger partial charge in [0.2, 0.25) is 0 Å². The number of carbonyl (C=O) groups excluding carboxylic acids is 1. The van der Waals surface area contributed by atoms with Gasteiger partial charge in [-0.1, -0.05) is 0 Å². The van der Waals surface area contributed by atoms with Crippen molar-refractivity contribution in [3.8, 4) is 0 Å². The summed E-state index contributed by atoms with van der Waals surface area (Å²) in [6.07, 6.45) is 0.607. The first-order chi connectivity index (χ1) is 9.06. The van der Waals surface area contributed by atoms with Crippen LogP contribution in [0.15, 0.2) is 0 Å². The minimum Gasteiger partial charge on any atom is -0.460 e. The summed E-state index contributed by atoms with van der Waals surface area (Å²) in [5, 5.41) is 10.2. The van der Waals surface area contributed by atoms with E-state index in [4.69, 9.17) is 14.2 Å². The molecule has 0 amide bonds. The molecule has 4 atom stereocenters. The fraction of sp³-hybridized carbons (Fsp3) is 0.933. The van der Waals surface area contributed by atoms with Crippen molar-refractivity contribution in [1.29, 1.82) is 0 Å². The smallest absolute Gasteiger partial charge is 0.306 e. The van der Waals surface area contributed by atoms with E-state index in [1.165, 1.54) is 0 Å². The van der Waals surface area contributed by atoms with Gasteiger partial charge in [0.05, 0.1) is 12.2 Å². The van der Waals surface area contributed by atoms with Crippen LogP contribution in [0.3, 0.4) is 0 Å². The van der Waals surface area contributed by atoms with Crippen molar-refractivity contribution in [2.45, 2.75) is 83.6 Å². The van der Waals surface area contributed by atoms with Gasteiger partial charge in [-0.2, -0.15) is 0 Å². The van der Waals surface area contributed by atoms with Crippen molar-refractivity contribution in [1.82, 2.24) is 0 Å². The van der Waals surface area contributed by atoms with Crippen LogP contribution in [0, 0.1) is 5.92 Å². The second kappa shape index (κ2) is 5.28. The number of ether oxygens (including phenoxy) is 3. The number of aliphatic hydroxyl groups is 1. The molecule has 20 heavy (non-hydrogen) atoms. The van der Waals surface area contributed by atoms with Crippen molar-refractivity contribution in [2.24, 2.45) is 5.92 Å². The van der Waals surface area contributed by atoms with E-state index in [1.807, 2.05) is 34.6 Å². The number of aliphatic hydroxyl groups excluding tert-OH is 1. The maximum atomic E-state index is 11.9. The van der Waals surface area contributed by atoms with E-state index < -0.39 is 17.5 Å². The van der Waals surface area contributed by atoms with Gasteiger partial charge in [0.15, 0.2) is 5.79 Å². The molecule has 1 saturated carbocycles. The van der Waals surface area contributed by atoms with Crippen LogP contribution in [-0.4, -0.2) is 40.8 Å². The Hall–Kier alpha value is -0.650. The molecule has 1 N–H and O–H groups in total. The van der Waals surface area contributed by atoms with Crippen molar-refractivity contribution in [2.75, 3.05) is 0 Å². The van der Waals surface area contributed by atoms with Gasteiger partial charge in [0.1, 0.15) is 11.7 Å². The van der Waals surface area contributed by atoms with Gasteiger partial charge in [-0.05, 0) is 53.4 Å². The maximum absolute atomic E-state index is 11.9. The van der Waals surface area contributed by atoms with Crippen LogP contribution in [0.5, 0.6) is 0 Å². The second-order valence-corrected chi connectivity index (χ2v) is 7.33. The first-order valence-corrected chi connectivity index (χ1v) is 7.31. The van der Waals surface area contributed by atoms with Crippen molar-refractivity contribution in [3.63, 3.8) is 0 Å². The zero-order valence-electron chi connectivity index (χ0n) is 13.0. The third-order valence-electron chi connectivity index (χ3n) is 3.62. The molecular formula is C15H26O5. The van der Waals surface area contributed by atoms with E-state index >= 15 is 0 Å². The molecule has 2 aliphatic rings. The quantitative estimate of drug-likeness (QED) is 0.787. The highest BCUT2D eigenvalue weighted by molar-refractivity contribution is 5.70. The minimum absolute atomic E-state index is 0.0820. The monoisotopic (exact) mass is 286 g/mol. The molecule has 4 unspecified atom stereocenters. The zero-order valence-corrected chi connectivity index (χ0v) is 13.0. The molecule has 1 heterocycles. The number of hydrogen-bond acceptors (Lipinski definition) is 5. The van der Waals surface area contributed by atoms with E-state index in [9.17, 15) is 9.90 Å². The number of fused-ring (bicyclic) bond motifs is 1. The Morgan fingerprint density at radius 2 is 1.95 bits per heavy atom. The van der Waals surface area contributed by atoms with Gasteiger partial charge >= 0.3 is 5.97 Å². The largest absolute Gasteiger partial charge is 0.460 e. The molecule has 5 heteroatoms. The Balaban J connectivity index is 1.91. The van der Waals surface area contributed by atoms with Crippen LogP contribution in [0.1, 0.15) is 53.9 Å². The van der Waals surface area contributed by atoms with Gasteiger partial charge in [0, 0.05) is 6.42 Å². The average molecular weight is 286 g/mol. The second-order valence-electron chi connectivity index (χ2n) is 7.33. The molecule has 0 bridgehead atoms. The van der Waals surface area contributed by atoms with Gasteiger partial charge in [-0.25, -0.2) is 0 Å². The lowest BCUT2D eigenvalue weighted by Crippen LogP contribution is -2.43.